The van der Waals surface area contributed by atoms with Crippen molar-refractivity contribution in [3.05, 3.63) is 64.1 Å². The highest BCUT2D eigenvalue weighted by molar-refractivity contribution is 9.10. The molecule has 25 heavy (non-hydrogen) atoms. The minimum Gasteiger partial charge on any atom is -0.447 e. The van der Waals surface area contributed by atoms with Crippen LogP contribution in [0.4, 0.5) is 4.79 Å². The van der Waals surface area contributed by atoms with E-state index in [-0.39, 0.29) is 11.3 Å². The van der Waals surface area contributed by atoms with Gasteiger partial charge in [0, 0.05) is 16.5 Å². The number of thioether (sulfide) groups is 1. The van der Waals surface area contributed by atoms with Crippen LogP contribution in [0.15, 0.2) is 58.1 Å². The van der Waals surface area contributed by atoms with E-state index in [2.05, 4.69) is 39.4 Å². The van der Waals surface area contributed by atoms with E-state index in [1.807, 2.05) is 35.3 Å². The summed E-state index contributed by atoms with van der Waals surface area (Å²) in [4.78, 5) is 11.9. The van der Waals surface area contributed by atoms with Gasteiger partial charge in [0.25, 0.3) is 11.1 Å². The maximum absolute atomic E-state index is 11.9. The Balaban J connectivity index is 1.63. The monoisotopic (exact) mass is 415 g/mol. The number of nitrogens with one attached hydrogen (secondary N) is 1. The second kappa shape index (κ2) is 5.51. The van der Waals surface area contributed by atoms with Gasteiger partial charge in [-0.25, -0.2) is 5.01 Å². The van der Waals surface area contributed by atoms with Crippen LogP contribution in [-0.2, 0) is 0 Å². The number of halogens is 1. The topological polar surface area (TPSA) is 53.9 Å². The van der Waals surface area contributed by atoms with Crippen LogP contribution >= 0.6 is 27.7 Å². The molecule has 5 rings (SSSR count). The number of amides is 1. The molecule has 126 valence electrons. The molecule has 2 aromatic carbocycles. The maximum Gasteiger partial charge on any atom is 0.289 e. The standard InChI is InChI=1S/C18H14BrN3O2S/c19-12-6-7-16-13(8-12)15-9-14(11-4-2-1-3-5-11)21-22(15)18(24-16)10-25-17(23)20-18/h1-8,15H,9-10H2,(H,20,23)/t15-,18-/m0/s1. The lowest BCUT2D eigenvalue weighted by atomic mass is 9.96. The zero-order chi connectivity index (χ0) is 17.0. The number of carbonyl (C=O) groups is 1. The van der Waals surface area contributed by atoms with Crippen LogP contribution in [0.5, 0.6) is 5.75 Å². The van der Waals surface area contributed by atoms with Gasteiger partial charge in [0.15, 0.2) is 0 Å². The van der Waals surface area contributed by atoms with Gasteiger partial charge in [-0.2, -0.15) is 5.10 Å². The summed E-state index contributed by atoms with van der Waals surface area (Å²) in [6.45, 7) is 0. The molecule has 5 nitrogen and oxygen atoms in total. The quantitative estimate of drug-likeness (QED) is 0.761. The minimum absolute atomic E-state index is 0.0375. The van der Waals surface area contributed by atoms with E-state index >= 15 is 0 Å². The average molecular weight is 416 g/mol. The van der Waals surface area contributed by atoms with Crippen molar-refractivity contribution in [3.63, 3.8) is 0 Å². The third kappa shape index (κ3) is 2.37. The number of nitrogens with zero attached hydrogens (tertiary/aromatic N) is 2. The van der Waals surface area contributed by atoms with Crippen molar-refractivity contribution in [2.75, 3.05) is 5.75 Å². The Bertz CT molecular complexity index is 904. The van der Waals surface area contributed by atoms with E-state index in [1.165, 1.54) is 11.8 Å². The molecule has 3 aliphatic rings. The molecule has 0 aromatic heterocycles. The lowest BCUT2D eigenvalue weighted by molar-refractivity contribution is -0.111. The first-order valence-corrected chi connectivity index (χ1v) is 9.78. The number of benzene rings is 2. The summed E-state index contributed by atoms with van der Waals surface area (Å²) in [5.74, 6) is 0.393. The van der Waals surface area contributed by atoms with E-state index in [9.17, 15) is 4.79 Å². The summed E-state index contributed by atoms with van der Waals surface area (Å²) in [6.07, 6.45) is 0.777. The van der Waals surface area contributed by atoms with Crippen LogP contribution in [-0.4, -0.2) is 27.6 Å². The van der Waals surface area contributed by atoms with Gasteiger partial charge in [-0.15, -0.1) is 0 Å². The van der Waals surface area contributed by atoms with Gasteiger partial charge in [0.1, 0.15) is 5.75 Å². The normalized spacial score (nSPS) is 26.8. The Labute approximate surface area is 157 Å². The molecule has 1 saturated heterocycles. The van der Waals surface area contributed by atoms with Gasteiger partial charge >= 0.3 is 0 Å². The molecule has 7 heteroatoms. The first-order valence-electron chi connectivity index (χ1n) is 8.00. The molecular weight excluding hydrogens is 402 g/mol. The van der Waals surface area contributed by atoms with Crippen molar-refractivity contribution >= 4 is 38.6 Å². The molecule has 0 saturated carbocycles. The molecule has 0 aliphatic carbocycles. The highest BCUT2D eigenvalue weighted by atomic mass is 79.9. The zero-order valence-corrected chi connectivity index (χ0v) is 15.5. The Morgan fingerprint density at radius 2 is 2.12 bits per heavy atom. The highest BCUT2D eigenvalue weighted by Gasteiger charge is 2.55. The Morgan fingerprint density at radius 3 is 2.88 bits per heavy atom. The van der Waals surface area contributed by atoms with Crippen molar-refractivity contribution in [3.8, 4) is 5.75 Å². The minimum atomic E-state index is -0.913. The van der Waals surface area contributed by atoms with Crippen LogP contribution in [0.1, 0.15) is 23.6 Å². The summed E-state index contributed by atoms with van der Waals surface area (Å²) in [7, 11) is 0. The van der Waals surface area contributed by atoms with Gasteiger partial charge < -0.3 is 4.74 Å². The first kappa shape index (κ1) is 15.3. The predicted octanol–water partition coefficient (Wildman–Crippen LogP) is 4.10. The van der Waals surface area contributed by atoms with Crippen LogP contribution in [0.3, 0.4) is 0 Å². The number of rotatable bonds is 1. The number of ether oxygens (including phenoxy) is 1. The van der Waals surface area contributed by atoms with Gasteiger partial charge in [0.2, 0.25) is 0 Å². The van der Waals surface area contributed by atoms with Crippen molar-refractivity contribution < 1.29 is 9.53 Å². The van der Waals surface area contributed by atoms with Gasteiger partial charge in [0.05, 0.1) is 17.5 Å². The van der Waals surface area contributed by atoms with E-state index in [4.69, 9.17) is 9.84 Å². The summed E-state index contributed by atoms with van der Waals surface area (Å²) >= 11 is 4.78. The highest BCUT2D eigenvalue weighted by Crippen LogP contribution is 2.48. The Morgan fingerprint density at radius 1 is 1.28 bits per heavy atom. The van der Waals surface area contributed by atoms with Crippen molar-refractivity contribution in [2.24, 2.45) is 5.10 Å². The van der Waals surface area contributed by atoms with Crippen LogP contribution in [0.25, 0.3) is 0 Å². The molecule has 3 aliphatic heterocycles. The van der Waals surface area contributed by atoms with E-state index in [1.54, 1.807) is 0 Å². The molecule has 2 atom stereocenters. The second-order valence-electron chi connectivity index (χ2n) is 6.25. The van der Waals surface area contributed by atoms with Gasteiger partial charge in [-0.1, -0.05) is 58.0 Å². The number of carbonyl (C=O) groups excluding carboxylic acids is 1. The van der Waals surface area contributed by atoms with E-state index < -0.39 is 5.85 Å². The SMILES string of the molecule is O=C1N[C@]2(CS1)Oc1ccc(Br)cc1[C@@H]1CC(c3ccccc3)=NN12. The number of fused-ring (bicyclic) bond motifs is 4. The van der Waals surface area contributed by atoms with Crippen LogP contribution in [0, 0.1) is 0 Å². The van der Waals surface area contributed by atoms with Gasteiger partial charge in [-0.3, -0.25) is 10.1 Å². The molecule has 0 bridgehead atoms. The Kier molecular flexibility index (Phi) is 3.36. The number of hydrogen-bond acceptors (Lipinski definition) is 5. The number of hydrazone groups is 1. The summed E-state index contributed by atoms with van der Waals surface area (Å²) in [5, 5.41) is 9.69. The lowest BCUT2D eigenvalue weighted by Crippen LogP contribution is -2.62. The van der Waals surface area contributed by atoms with Crippen molar-refractivity contribution in [1.82, 2.24) is 10.3 Å². The summed E-state index contributed by atoms with van der Waals surface area (Å²) in [5.41, 5.74) is 3.19. The fourth-order valence-corrected chi connectivity index (χ4v) is 4.77. The molecule has 3 heterocycles. The first-order chi connectivity index (χ1) is 12.1. The molecule has 1 fully saturated rings. The summed E-state index contributed by atoms with van der Waals surface area (Å²) < 4.78 is 7.25. The Hall–Kier alpha value is -1.99. The third-order valence-electron chi connectivity index (χ3n) is 4.69. The molecule has 1 N–H and O–H groups in total. The van der Waals surface area contributed by atoms with Crippen LogP contribution in [0.2, 0.25) is 0 Å². The summed E-state index contributed by atoms with van der Waals surface area (Å²) in [6, 6.07) is 16.2. The molecular formula is C18H14BrN3O2S. The molecule has 0 radical (unpaired) electrons. The number of hydrogen-bond donors (Lipinski definition) is 1. The molecule has 1 spiro atoms. The van der Waals surface area contributed by atoms with E-state index in [0.717, 1.165) is 33.5 Å². The van der Waals surface area contributed by atoms with Gasteiger partial charge in [-0.05, 0) is 23.8 Å². The maximum atomic E-state index is 11.9. The third-order valence-corrected chi connectivity index (χ3v) is 6.09. The largest absolute Gasteiger partial charge is 0.447 e. The van der Waals surface area contributed by atoms with Crippen molar-refractivity contribution in [1.29, 1.82) is 0 Å². The molecule has 2 aromatic rings. The lowest BCUT2D eigenvalue weighted by Gasteiger charge is -2.44. The predicted molar refractivity (Wildman–Crippen MR) is 101 cm³/mol. The zero-order valence-electron chi connectivity index (χ0n) is 13.1. The second-order valence-corrected chi connectivity index (χ2v) is 8.11. The smallest absolute Gasteiger partial charge is 0.289 e. The average Bonchev–Trinajstić information content (AvgIpc) is 3.22. The molecule has 0 unspecified atom stereocenters. The van der Waals surface area contributed by atoms with Crippen LogP contribution < -0.4 is 10.1 Å². The fraction of sp³-hybridized carbons (Fsp3) is 0.222. The van der Waals surface area contributed by atoms with Crippen molar-refractivity contribution in [2.45, 2.75) is 18.3 Å². The fourth-order valence-electron chi connectivity index (χ4n) is 3.57. The van der Waals surface area contributed by atoms with E-state index in [0.29, 0.717) is 5.75 Å². The molecule has 1 amide bonds.